The van der Waals surface area contributed by atoms with Gasteiger partial charge < -0.3 is 20.0 Å². The van der Waals surface area contributed by atoms with Gasteiger partial charge in [-0.25, -0.2) is 0 Å². The Morgan fingerprint density at radius 3 is 2.76 bits per heavy atom. The number of rotatable bonds is 6. The lowest BCUT2D eigenvalue weighted by Crippen LogP contribution is -2.49. The Morgan fingerprint density at radius 1 is 1.47 bits per heavy atom. The molecule has 0 bridgehead atoms. The lowest BCUT2D eigenvalue weighted by molar-refractivity contribution is -0.145. The minimum Gasteiger partial charge on any atom is -0.481 e. The van der Waals surface area contributed by atoms with Crippen molar-refractivity contribution in [2.45, 2.75) is 31.3 Å². The van der Waals surface area contributed by atoms with Gasteiger partial charge in [0.2, 0.25) is 0 Å². The van der Waals surface area contributed by atoms with Crippen LogP contribution < -0.4 is 0 Å². The van der Waals surface area contributed by atoms with E-state index in [0.29, 0.717) is 13.0 Å². The molecule has 1 rings (SSSR count). The first kappa shape index (κ1) is 14.4. The van der Waals surface area contributed by atoms with E-state index >= 15 is 0 Å². The second-order valence-corrected chi connectivity index (χ2v) is 5.33. The molecule has 100 valence electrons. The molecule has 17 heavy (non-hydrogen) atoms. The fourth-order valence-electron chi connectivity index (χ4n) is 2.43. The van der Waals surface area contributed by atoms with Crippen molar-refractivity contribution in [1.29, 1.82) is 0 Å². The van der Waals surface area contributed by atoms with Crippen LogP contribution in [0.4, 0.5) is 0 Å². The van der Waals surface area contributed by atoms with Crippen LogP contribution in [0.15, 0.2) is 0 Å². The Kier molecular flexibility index (Phi) is 5.36. The third-order valence-corrected chi connectivity index (χ3v) is 3.19. The first-order valence-electron chi connectivity index (χ1n) is 6.22. The molecule has 0 amide bonds. The zero-order valence-electron chi connectivity index (χ0n) is 10.9. The van der Waals surface area contributed by atoms with Crippen LogP contribution in [0.3, 0.4) is 0 Å². The smallest absolute Gasteiger partial charge is 0.306 e. The van der Waals surface area contributed by atoms with Crippen molar-refractivity contribution < 1.29 is 15.0 Å². The molecule has 1 unspecified atom stereocenters. The van der Waals surface area contributed by atoms with Gasteiger partial charge in [0.05, 0.1) is 12.0 Å². The van der Waals surface area contributed by atoms with Crippen LogP contribution in [-0.4, -0.2) is 71.9 Å². The lowest BCUT2D eigenvalue weighted by Gasteiger charge is -2.38. The number of aliphatic carboxylic acids is 1. The summed E-state index contributed by atoms with van der Waals surface area (Å²) in [6.45, 7) is 3.41. The molecule has 1 aliphatic heterocycles. The van der Waals surface area contributed by atoms with Gasteiger partial charge >= 0.3 is 5.97 Å². The summed E-state index contributed by atoms with van der Waals surface area (Å²) in [5.41, 5.74) is -1.03. The zero-order chi connectivity index (χ0) is 12.9. The van der Waals surface area contributed by atoms with Gasteiger partial charge in [0.1, 0.15) is 0 Å². The second kappa shape index (κ2) is 6.33. The van der Waals surface area contributed by atoms with Crippen molar-refractivity contribution in [3.05, 3.63) is 0 Å². The molecule has 5 nitrogen and oxygen atoms in total. The molecule has 1 atom stereocenters. The number of β-amino-alcohol motifs (C(OH)–C–C–N with tert-alkyl or cyclic N) is 1. The molecule has 0 aliphatic carbocycles. The van der Waals surface area contributed by atoms with E-state index < -0.39 is 11.6 Å². The maximum Gasteiger partial charge on any atom is 0.306 e. The Hall–Kier alpha value is -0.650. The van der Waals surface area contributed by atoms with E-state index in [-0.39, 0.29) is 6.42 Å². The summed E-state index contributed by atoms with van der Waals surface area (Å²) in [4.78, 5) is 15.0. The van der Waals surface area contributed by atoms with Gasteiger partial charge in [-0.2, -0.15) is 0 Å². The number of nitrogens with zero attached hydrogens (tertiary/aromatic N) is 2. The van der Waals surface area contributed by atoms with Gasteiger partial charge in [0.25, 0.3) is 0 Å². The van der Waals surface area contributed by atoms with Gasteiger partial charge in [-0.1, -0.05) is 0 Å². The summed E-state index contributed by atoms with van der Waals surface area (Å²) < 4.78 is 0. The van der Waals surface area contributed by atoms with Crippen LogP contribution in [0, 0.1) is 0 Å². The number of hydrogen-bond donors (Lipinski definition) is 2. The highest BCUT2D eigenvalue weighted by Gasteiger charge is 2.34. The van der Waals surface area contributed by atoms with E-state index in [2.05, 4.69) is 9.80 Å². The van der Waals surface area contributed by atoms with Crippen molar-refractivity contribution in [1.82, 2.24) is 9.80 Å². The SMILES string of the molecule is CN(C)CCCN1CCCC(O)(CC(=O)O)C1. The summed E-state index contributed by atoms with van der Waals surface area (Å²) in [5, 5.41) is 19.0. The maximum absolute atomic E-state index is 10.7. The Balaban J connectivity index is 2.35. The fraction of sp³-hybridized carbons (Fsp3) is 0.917. The summed E-state index contributed by atoms with van der Waals surface area (Å²) >= 11 is 0. The monoisotopic (exact) mass is 244 g/mol. The number of piperidine rings is 1. The first-order chi connectivity index (χ1) is 7.91. The van der Waals surface area contributed by atoms with Gasteiger partial charge in [0, 0.05) is 6.54 Å². The zero-order valence-corrected chi connectivity index (χ0v) is 10.9. The van der Waals surface area contributed by atoms with E-state index in [9.17, 15) is 9.90 Å². The summed E-state index contributed by atoms with van der Waals surface area (Å²) in [6, 6.07) is 0. The average molecular weight is 244 g/mol. The minimum atomic E-state index is -1.03. The Labute approximate surface area is 103 Å². The molecule has 0 aromatic carbocycles. The van der Waals surface area contributed by atoms with E-state index in [0.717, 1.165) is 32.5 Å². The van der Waals surface area contributed by atoms with Crippen molar-refractivity contribution in [2.24, 2.45) is 0 Å². The molecular formula is C12H24N2O3. The Bertz CT molecular complexity index is 258. The van der Waals surface area contributed by atoms with Crippen LogP contribution in [0.2, 0.25) is 0 Å². The van der Waals surface area contributed by atoms with Crippen molar-refractivity contribution in [3.8, 4) is 0 Å². The first-order valence-corrected chi connectivity index (χ1v) is 6.22. The van der Waals surface area contributed by atoms with Crippen LogP contribution >= 0.6 is 0 Å². The van der Waals surface area contributed by atoms with Gasteiger partial charge in [-0.3, -0.25) is 4.79 Å². The highest BCUT2D eigenvalue weighted by atomic mass is 16.4. The third-order valence-electron chi connectivity index (χ3n) is 3.19. The van der Waals surface area contributed by atoms with E-state index in [1.54, 1.807) is 0 Å². The number of carboxylic acid groups (broad SMARTS) is 1. The fourth-order valence-corrected chi connectivity index (χ4v) is 2.43. The number of likely N-dealkylation sites (tertiary alicyclic amines) is 1. The van der Waals surface area contributed by atoms with Gasteiger partial charge in [0.15, 0.2) is 0 Å². The number of carboxylic acids is 1. The summed E-state index contributed by atoms with van der Waals surface area (Å²) in [7, 11) is 4.08. The highest BCUT2D eigenvalue weighted by molar-refractivity contribution is 5.68. The number of aliphatic hydroxyl groups is 1. The largest absolute Gasteiger partial charge is 0.481 e. The normalized spacial score (nSPS) is 26.4. The van der Waals surface area contributed by atoms with Crippen molar-refractivity contribution in [3.63, 3.8) is 0 Å². The predicted molar refractivity (Wildman–Crippen MR) is 66.0 cm³/mol. The minimum absolute atomic E-state index is 0.142. The molecule has 0 saturated carbocycles. The van der Waals surface area contributed by atoms with Crippen LogP contribution in [0.25, 0.3) is 0 Å². The lowest BCUT2D eigenvalue weighted by atomic mass is 9.89. The van der Waals surface area contributed by atoms with Gasteiger partial charge in [-0.05, 0) is 53.0 Å². The molecule has 0 spiro atoms. The van der Waals surface area contributed by atoms with Crippen molar-refractivity contribution in [2.75, 3.05) is 40.3 Å². The van der Waals surface area contributed by atoms with Crippen molar-refractivity contribution >= 4 is 5.97 Å². The molecule has 0 radical (unpaired) electrons. The van der Waals surface area contributed by atoms with Gasteiger partial charge in [-0.15, -0.1) is 0 Å². The molecule has 1 heterocycles. The standard InChI is InChI=1S/C12H24N2O3/c1-13(2)6-4-8-14-7-3-5-12(17,10-14)9-11(15)16/h17H,3-10H2,1-2H3,(H,15,16). The number of hydrogen-bond acceptors (Lipinski definition) is 4. The summed E-state index contributed by atoms with van der Waals surface area (Å²) in [6.07, 6.45) is 2.39. The summed E-state index contributed by atoms with van der Waals surface area (Å²) in [5.74, 6) is -0.914. The Morgan fingerprint density at radius 2 is 2.18 bits per heavy atom. The van der Waals surface area contributed by atoms with Crippen LogP contribution in [0.5, 0.6) is 0 Å². The molecule has 1 aliphatic rings. The average Bonchev–Trinajstić information content (AvgIpc) is 2.14. The molecule has 2 N–H and O–H groups in total. The predicted octanol–water partition coefficient (Wildman–Crippen LogP) is 0.240. The second-order valence-electron chi connectivity index (χ2n) is 5.33. The molecule has 0 aromatic heterocycles. The molecular weight excluding hydrogens is 220 g/mol. The highest BCUT2D eigenvalue weighted by Crippen LogP contribution is 2.24. The quantitative estimate of drug-likeness (QED) is 0.701. The number of carbonyl (C=O) groups is 1. The molecule has 0 aromatic rings. The third kappa shape index (κ3) is 5.48. The van der Waals surface area contributed by atoms with Crippen LogP contribution in [-0.2, 0) is 4.79 Å². The topological polar surface area (TPSA) is 64.0 Å². The molecule has 1 saturated heterocycles. The van der Waals surface area contributed by atoms with E-state index in [4.69, 9.17) is 5.11 Å². The van der Waals surface area contributed by atoms with E-state index in [1.165, 1.54) is 0 Å². The van der Waals surface area contributed by atoms with Crippen LogP contribution in [0.1, 0.15) is 25.7 Å². The maximum atomic E-state index is 10.7. The molecule has 1 fully saturated rings. The molecule has 5 heteroatoms. The van der Waals surface area contributed by atoms with E-state index in [1.807, 2.05) is 14.1 Å².